The van der Waals surface area contributed by atoms with E-state index in [2.05, 4.69) is 22.1 Å². The zero-order valence-corrected chi connectivity index (χ0v) is 13.9. The van der Waals surface area contributed by atoms with Gasteiger partial charge in [0.1, 0.15) is 0 Å². The Kier molecular flexibility index (Phi) is 7.34. The van der Waals surface area contributed by atoms with Crippen molar-refractivity contribution in [2.75, 3.05) is 33.3 Å². The molecule has 2 aliphatic rings. The minimum absolute atomic E-state index is 0.529. The van der Waals surface area contributed by atoms with Crippen molar-refractivity contribution < 1.29 is 4.74 Å². The molecule has 1 unspecified atom stereocenters. The maximum Gasteiger partial charge on any atom is 0.193 e. The second-order valence-electron chi connectivity index (χ2n) is 6.65. The van der Waals surface area contributed by atoms with E-state index in [0.717, 1.165) is 44.5 Å². The standard InChI is InChI=1S/C17H33N3O/c1-15-8-6-12-20(14-15)17(18-2)19-11-7-13-21-16-9-4-3-5-10-16/h15-16H,3-14H2,1-2H3,(H,18,19). The average molecular weight is 295 g/mol. The lowest BCUT2D eigenvalue weighted by atomic mass is 9.98. The summed E-state index contributed by atoms with van der Waals surface area (Å²) in [5.74, 6) is 1.85. The van der Waals surface area contributed by atoms with Gasteiger partial charge in [-0.15, -0.1) is 0 Å². The average Bonchev–Trinajstić information content (AvgIpc) is 2.52. The Morgan fingerprint density at radius 3 is 2.71 bits per heavy atom. The fraction of sp³-hybridized carbons (Fsp3) is 0.941. The minimum Gasteiger partial charge on any atom is -0.378 e. The number of hydrogen-bond donors (Lipinski definition) is 1. The highest BCUT2D eigenvalue weighted by Gasteiger charge is 2.19. The van der Waals surface area contributed by atoms with E-state index in [1.807, 2.05) is 7.05 Å². The maximum absolute atomic E-state index is 5.97. The van der Waals surface area contributed by atoms with Gasteiger partial charge < -0.3 is 15.0 Å². The lowest BCUT2D eigenvalue weighted by Gasteiger charge is -2.33. The van der Waals surface area contributed by atoms with Crippen molar-refractivity contribution in [1.82, 2.24) is 10.2 Å². The van der Waals surface area contributed by atoms with Crippen LogP contribution >= 0.6 is 0 Å². The zero-order valence-electron chi connectivity index (χ0n) is 13.9. The van der Waals surface area contributed by atoms with E-state index >= 15 is 0 Å². The summed E-state index contributed by atoms with van der Waals surface area (Å²) in [5, 5.41) is 3.49. The third kappa shape index (κ3) is 5.85. The molecule has 1 saturated heterocycles. The fourth-order valence-corrected chi connectivity index (χ4v) is 3.47. The molecule has 0 amide bonds. The van der Waals surface area contributed by atoms with E-state index in [0.29, 0.717) is 6.10 Å². The molecule has 0 radical (unpaired) electrons. The van der Waals surface area contributed by atoms with Crippen molar-refractivity contribution in [2.45, 2.75) is 64.4 Å². The Morgan fingerprint density at radius 2 is 2.00 bits per heavy atom. The molecule has 1 heterocycles. The molecule has 0 bridgehead atoms. The summed E-state index contributed by atoms with van der Waals surface area (Å²) in [6.07, 6.45) is 10.9. The van der Waals surface area contributed by atoms with Crippen molar-refractivity contribution in [3.05, 3.63) is 0 Å². The molecular formula is C17H33N3O. The number of nitrogens with zero attached hydrogens (tertiary/aromatic N) is 2. The Morgan fingerprint density at radius 1 is 1.19 bits per heavy atom. The second-order valence-corrected chi connectivity index (χ2v) is 6.65. The molecular weight excluding hydrogens is 262 g/mol. The molecule has 1 saturated carbocycles. The first-order chi connectivity index (χ1) is 10.3. The summed E-state index contributed by atoms with van der Waals surface area (Å²) in [6, 6.07) is 0. The lowest BCUT2D eigenvalue weighted by molar-refractivity contribution is 0.0276. The van der Waals surface area contributed by atoms with Gasteiger partial charge in [0, 0.05) is 33.3 Å². The second kappa shape index (κ2) is 9.29. The van der Waals surface area contributed by atoms with E-state index < -0.39 is 0 Å². The van der Waals surface area contributed by atoms with E-state index in [4.69, 9.17) is 4.74 Å². The molecule has 4 heteroatoms. The van der Waals surface area contributed by atoms with Crippen molar-refractivity contribution >= 4 is 5.96 Å². The topological polar surface area (TPSA) is 36.9 Å². The van der Waals surface area contributed by atoms with Crippen molar-refractivity contribution in [2.24, 2.45) is 10.9 Å². The summed E-state index contributed by atoms with van der Waals surface area (Å²) in [5.41, 5.74) is 0. The SMILES string of the molecule is CN=C(NCCCOC1CCCCC1)N1CCCC(C)C1. The summed E-state index contributed by atoms with van der Waals surface area (Å²) in [7, 11) is 1.89. The number of aliphatic imine (C=N–C) groups is 1. The van der Waals surface area contributed by atoms with Crippen molar-refractivity contribution in [3.63, 3.8) is 0 Å². The first-order valence-corrected chi connectivity index (χ1v) is 8.87. The zero-order chi connectivity index (χ0) is 14.9. The highest BCUT2D eigenvalue weighted by atomic mass is 16.5. The third-order valence-electron chi connectivity index (χ3n) is 4.68. The van der Waals surface area contributed by atoms with Gasteiger partial charge in [-0.05, 0) is 38.0 Å². The van der Waals surface area contributed by atoms with Gasteiger partial charge in [0.2, 0.25) is 0 Å². The van der Waals surface area contributed by atoms with Crippen LogP contribution < -0.4 is 5.32 Å². The number of hydrogen-bond acceptors (Lipinski definition) is 2. The van der Waals surface area contributed by atoms with Crippen LogP contribution in [0.2, 0.25) is 0 Å². The summed E-state index contributed by atoms with van der Waals surface area (Å²) >= 11 is 0. The van der Waals surface area contributed by atoms with Gasteiger partial charge in [-0.1, -0.05) is 26.2 Å². The van der Waals surface area contributed by atoms with Gasteiger partial charge in [-0.3, -0.25) is 4.99 Å². The Bertz CT molecular complexity index is 313. The van der Waals surface area contributed by atoms with E-state index in [-0.39, 0.29) is 0 Å². The maximum atomic E-state index is 5.97. The van der Waals surface area contributed by atoms with E-state index in [9.17, 15) is 0 Å². The number of nitrogens with one attached hydrogen (secondary N) is 1. The molecule has 0 spiro atoms. The van der Waals surface area contributed by atoms with Gasteiger partial charge in [0.05, 0.1) is 6.10 Å². The van der Waals surface area contributed by atoms with E-state index in [1.54, 1.807) is 0 Å². The normalized spacial score (nSPS) is 25.1. The predicted octanol–water partition coefficient (Wildman–Crippen LogP) is 3.03. The Hall–Kier alpha value is -0.770. The van der Waals surface area contributed by atoms with Crippen LogP contribution in [0.3, 0.4) is 0 Å². The van der Waals surface area contributed by atoms with Gasteiger partial charge in [0.15, 0.2) is 5.96 Å². The quantitative estimate of drug-likeness (QED) is 0.481. The monoisotopic (exact) mass is 295 g/mol. The molecule has 1 atom stereocenters. The molecule has 0 aromatic rings. The predicted molar refractivity (Wildman–Crippen MR) is 88.8 cm³/mol. The minimum atomic E-state index is 0.529. The van der Waals surface area contributed by atoms with Crippen LogP contribution in [-0.2, 0) is 4.74 Å². The molecule has 1 N–H and O–H groups in total. The number of piperidine rings is 1. The van der Waals surface area contributed by atoms with Crippen LogP contribution in [-0.4, -0.2) is 50.3 Å². The third-order valence-corrected chi connectivity index (χ3v) is 4.68. The van der Waals surface area contributed by atoms with Gasteiger partial charge in [-0.2, -0.15) is 0 Å². The number of ether oxygens (including phenoxy) is 1. The van der Waals surface area contributed by atoms with Crippen molar-refractivity contribution in [3.8, 4) is 0 Å². The first kappa shape index (κ1) is 16.6. The van der Waals surface area contributed by atoms with Gasteiger partial charge >= 0.3 is 0 Å². The molecule has 122 valence electrons. The molecule has 21 heavy (non-hydrogen) atoms. The van der Waals surface area contributed by atoms with Crippen LogP contribution in [0.25, 0.3) is 0 Å². The molecule has 1 aliphatic carbocycles. The van der Waals surface area contributed by atoms with Crippen LogP contribution in [0, 0.1) is 5.92 Å². The number of guanidine groups is 1. The fourth-order valence-electron chi connectivity index (χ4n) is 3.47. The summed E-state index contributed by atoms with van der Waals surface area (Å²) in [4.78, 5) is 6.82. The Balaban J connectivity index is 1.57. The molecule has 4 nitrogen and oxygen atoms in total. The highest BCUT2D eigenvalue weighted by molar-refractivity contribution is 5.79. The lowest BCUT2D eigenvalue weighted by Crippen LogP contribution is -2.46. The first-order valence-electron chi connectivity index (χ1n) is 8.87. The highest BCUT2D eigenvalue weighted by Crippen LogP contribution is 2.20. The molecule has 0 aromatic heterocycles. The largest absolute Gasteiger partial charge is 0.378 e. The van der Waals surface area contributed by atoms with Crippen LogP contribution in [0.5, 0.6) is 0 Å². The molecule has 2 rings (SSSR count). The number of likely N-dealkylation sites (tertiary alicyclic amines) is 1. The van der Waals surface area contributed by atoms with Gasteiger partial charge in [-0.25, -0.2) is 0 Å². The van der Waals surface area contributed by atoms with E-state index in [1.165, 1.54) is 44.9 Å². The molecule has 1 aliphatic heterocycles. The van der Waals surface area contributed by atoms with Gasteiger partial charge in [0.25, 0.3) is 0 Å². The molecule has 2 fully saturated rings. The van der Waals surface area contributed by atoms with Crippen LogP contribution in [0.1, 0.15) is 58.3 Å². The smallest absolute Gasteiger partial charge is 0.193 e. The molecule has 0 aromatic carbocycles. The van der Waals surface area contributed by atoms with Crippen LogP contribution in [0.4, 0.5) is 0 Å². The van der Waals surface area contributed by atoms with Crippen LogP contribution in [0.15, 0.2) is 4.99 Å². The number of rotatable bonds is 5. The Labute approximate surface area is 130 Å². The summed E-state index contributed by atoms with van der Waals surface area (Å²) < 4.78 is 5.97. The summed E-state index contributed by atoms with van der Waals surface area (Å²) in [6.45, 7) is 6.45. The van der Waals surface area contributed by atoms with Crippen molar-refractivity contribution in [1.29, 1.82) is 0 Å².